The van der Waals surface area contributed by atoms with Crippen molar-refractivity contribution in [2.45, 2.75) is 45.1 Å². The van der Waals surface area contributed by atoms with Crippen molar-refractivity contribution in [2.24, 2.45) is 0 Å². The van der Waals surface area contributed by atoms with Crippen molar-refractivity contribution >= 4 is 17.3 Å². The number of ketones is 2. The Bertz CT molecular complexity index is 597. The van der Waals surface area contributed by atoms with Crippen molar-refractivity contribution in [3.05, 3.63) is 41.5 Å². The number of carbonyl (C=O) groups is 2. The topological polar surface area (TPSA) is 37.4 Å². The third-order valence-corrected chi connectivity index (χ3v) is 4.60. The average Bonchev–Trinajstić information content (AvgIpc) is 2.54. The predicted octanol–water partition coefficient (Wildman–Crippen LogP) is 3.45. The monoisotopic (exact) mass is 283 g/mol. The first kappa shape index (κ1) is 14.1. The second kappa shape index (κ2) is 5.84. The van der Waals surface area contributed by atoms with Crippen LogP contribution in [-0.2, 0) is 4.79 Å². The van der Waals surface area contributed by atoms with E-state index in [2.05, 4.69) is 11.8 Å². The quantitative estimate of drug-likeness (QED) is 0.797. The van der Waals surface area contributed by atoms with Gasteiger partial charge in [0, 0.05) is 35.5 Å². The minimum Gasteiger partial charge on any atom is -0.368 e. The van der Waals surface area contributed by atoms with Gasteiger partial charge >= 0.3 is 0 Å². The maximum Gasteiger partial charge on any atom is 0.233 e. The van der Waals surface area contributed by atoms with Crippen LogP contribution in [0.25, 0.3) is 5.70 Å². The molecule has 0 heterocycles. The molecule has 0 unspecified atom stereocenters. The Morgan fingerprint density at radius 1 is 1.05 bits per heavy atom. The van der Waals surface area contributed by atoms with Gasteiger partial charge in [-0.05, 0) is 19.8 Å². The molecule has 0 spiro atoms. The van der Waals surface area contributed by atoms with Gasteiger partial charge in [-0.1, -0.05) is 43.5 Å². The van der Waals surface area contributed by atoms with Crippen LogP contribution in [0.4, 0.5) is 0 Å². The highest BCUT2D eigenvalue weighted by Crippen LogP contribution is 2.33. The Morgan fingerprint density at radius 2 is 1.71 bits per heavy atom. The molecule has 3 heteroatoms. The standard InChI is InChI=1S/C18H21NO2/c1-2-19(13-8-4-3-5-9-13)16-12-17(20)18(21)15-11-7-6-10-14(15)16/h6-7,10-13H,2-5,8-9H2,1H3. The van der Waals surface area contributed by atoms with Crippen LogP contribution in [0.15, 0.2) is 30.3 Å². The number of hydrogen-bond donors (Lipinski definition) is 0. The van der Waals surface area contributed by atoms with Gasteiger partial charge < -0.3 is 4.90 Å². The number of benzene rings is 1. The van der Waals surface area contributed by atoms with E-state index in [1.165, 1.54) is 32.1 Å². The van der Waals surface area contributed by atoms with Crippen molar-refractivity contribution in [2.75, 3.05) is 6.54 Å². The minimum atomic E-state index is -0.391. The Morgan fingerprint density at radius 3 is 2.38 bits per heavy atom. The second-order valence-corrected chi connectivity index (χ2v) is 5.85. The van der Waals surface area contributed by atoms with Crippen LogP contribution < -0.4 is 0 Å². The Labute approximate surface area is 125 Å². The fraction of sp³-hybridized carbons (Fsp3) is 0.444. The van der Waals surface area contributed by atoms with E-state index in [0.717, 1.165) is 17.8 Å². The van der Waals surface area contributed by atoms with Crippen LogP contribution in [0.1, 0.15) is 54.9 Å². The van der Waals surface area contributed by atoms with E-state index >= 15 is 0 Å². The lowest BCUT2D eigenvalue weighted by molar-refractivity contribution is -0.111. The molecule has 0 saturated heterocycles. The zero-order valence-corrected chi connectivity index (χ0v) is 12.5. The highest BCUT2D eigenvalue weighted by Gasteiger charge is 2.30. The molecular formula is C18H21NO2. The lowest BCUT2D eigenvalue weighted by atomic mass is 9.89. The lowest BCUT2D eigenvalue weighted by Gasteiger charge is -2.38. The average molecular weight is 283 g/mol. The molecule has 1 saturated carbocycles. The summed E-state index contributed by atoms with van der Waals surface area (Å²) in [6.07, 6.45) is 7.71. The van der Waals surface area contributed by atoms with E-state index in [1.54, 1.807) is 12.1 Å². The van der Waals surface area contributed by atoms with E-state index in [4.69, 9.17) is 0 Å². The number of Topliss-reactive ketones (excluding diaryl/α,β-unsaturated/α-hetero) is 1. The van der Waals surface area contributed by atoms with Gasteiger partial charge in [0.1, 0.15) is 0 Å². The van der Waals surface area contributed by atoms with Gasteiger partial charge in [-0.25, -0.2) is 0 Å². The van der Waals surface area contributed by atoms with Crippen molar-refractivity contribution in [1.29, 1.82) is 0 Å². The molecular weight excluding hydrogens is 262 g/mol. The molecule has 21 heavy (non-hydrogen) atoms. The molecule has 1 aromatic carbocycles. The number of hydrogen-bond acceptors (Lipinski definition) is 3. The highest BCUT2D eigenvalue weighted by atomic mass is 16.2. The highest BCUT2D eigenvalue weighted by molar-refractivity contribution is 6.50. The molecule has 110 valence electrons. The number of nitrogens with zero attached hydrogens (tertiary/aromatic N) is 1. The molecule has 3 nitrogen and oxygen atoms in total. The van der Waals surface area contributed by atoms with Crippen LogP contribution in [0.3, 0.4) is 0 Å². The van der Waals surface area contributed by atoms with E-state index in [-0.39, 0.29) is 5.78 Å². The summed E-state index contributed by atoms with van der Waals surface area (Å²) in [7, 11) is 0. The van der Waals surface area contributed by atoms with Crippen LogP contribution in [0, 0.1) is 0 Å². The molecule has 0 bridgehead atoms. The summed E-state index contributed by atoms with van der Waals surface area (Å²) in [6, 6.07) is 7.96. The number of allylic oxidation sites excluding steroid dienone is 1. The summed E-state index contributed by atoms with van der Waals surface area (Å²) in [5, 5.41) is 0. The van der Waals surface area contributed by atoms with Crippen LogP contribution in [0.2, 0.25) is 0 Å². The molecule has 0 aromatic heterocycles. The zero-order valence-electron chi connectivity index (χ0n) is 12.5. The maximum absolute atomic E-state index is 12.0. The first-order valence-corrected chi connectivity index (χ1v) is 7.88. The van der Waals surface area contributed by atoms with Gasteiger partial charge in [-0.15, -0.1) is 0 Å². The molecule has 1 aromatic rings. The third-order valence-electron chi connectivity index (χ3n) is 4.60. The number of carbonyl (C=O) groups excluding carboxylic acids is 2. The van der Waals surface area contributed by atoms with Gasteiger partial charge in [0.25, 0.3) is 0 Å². The third kappa shape index (κ3) is 2.53. The molecule has 0 atom stereocenters. The van der Waals surface area contributed by atoms with Crippen molar-refractivity contribution < 1.29 is 9.59 Å². The van der Waals surface area contributed by atoms with E-state index in [0.29, 0.717) is 11.6 Å². The zero-order chi connectivity index (χ0) is 14.8. The smallest absolute Gasteiger partial charge is 0.233 e. The van der Waals surface area contributed by atoms with Gasteiger partial charge in [0.2, 0.25) is 11.6 Å². The van der Waals surface area contributed by atoms with Crippen LogP contribution in [-0.4, -0.2) is 29.1 Å². The summed E-state index contributed by atoms with van der Waals surface area (Å²) in [5.41, 5.74) is 2.40. The first-order chi connectivity index (χ1) is 10.2. The normalized spacial score (nSPS) is 19.2. The van der Waals surface area contributed by atoms with Gasteiger partial charge in [0.05, 0.1) is 0 Å². The van der Waals surface area contributed by atoms with Crippen LogP contribution in [0.5, 0.6) is 0 Å². The fourth-order valence-corrected chi connectivity index (χ4v) is 3.56. The van der Waals surface area contributed by atoms with Crippen molar-refractivity contribution in [3.63, 3.8) is 0 Å². The van der Waals surface area contributed by atoms with Crippen molar-refractivity contribution in [1.82, 2.24) is 4.90 Å². The Balaban J connectivity index is 2.01. The minimum absolute atomic E-state index is 0.381. The molecule has 1 fully saturated rings. The Kier molecular flexibility index (Phi) is 3.91. The molecule has 3 rings (SSSR count). The molecule has 2 aliphatic carbocycles. The van der Waals surface area contributed by atoms with Gasteiger partial charge in [-0.2, -0.15) is 0 Å². The molecule has 0 amide bonds. The molecule has 0 N–H and O–H groups in total. The second-order valence-electron chi connectivity index (χ2n) is 5.85. The van der Waals surface area contributed by atoms with E-state index in [9.17, 15) is 9.59 Å². The fourth-order valence-electron chi connectivity index (χ4n) is 3.56. The predicted molar refractivity (Wildman–Crippen MR) is 83.0 cm³/mol. The molecule has 0 radical (unpaired) electrons. The van der Waals surface area contributed by atoms with Gasteiger partial charge in [0.15, 0.2) is 0 Å². The number of fused-ring (bicyclic) bond motifs is 1. The summed E-state index contributed by atoms with van der Waals surface area (Å²) in [6.45, 7) is 2.99. The summed E-state index contributed by atoms with van der Waals surface area (Å²) in [5.74, 6) is -0.771. The molecule has 2 aliphatic rings. The summed E-state index contributed by atoms with van der Waals surface area (Å²) < 4.78 is 0. The van der Waals surface area contributed by atoms with Crippen LogP contribution >= 0.6 is 0 Å². The summed E-state index contributed by atoms with van der Waals surface area (Å²) >= 11 is 0. The lowest BCUT2D eigenvalue weighted by Crippen LogP contribution is -2.37. The SMILES string of the molecule is CCN(C1=CC(=O)C(=O)c2ccccc21)C1CCCCC1. The first-order valence-electron chi connectivity index (χ1n) is 7.88. The van der Waals surface area contributed by atoms with Gasteiger partial charge in [-0.3, -0.25) is 9.59 Å². The maximum atomic E-state index is 12.0. The number of rotatable bonds is 3. The van der Waals surface area contributed by atoms with E-state index < -0.39 is 5.78 Å². The van der Waals surface area contributed by atoms with E-state index in [1.807, 2.05) is 18.2 Å². The van der Waals surface area contributed by atoms with Crippen molar-refractivity contribution in [3.8, 4) is 0 Å². The Hall–Kier alpha value is -1.90. The largest absolute Gasteiger partial charge is 0.368 e. The molecule has 0 aliphatic heterocycles. The summed E-state index contributed by atoms with van der Waals surface area (Å²) in [4.78, 5) is 26.4.